The summed E-state index contributed by atoms with van der Waals surface area (Å²) in [5.74, 6) is 0. The lowest BCUT2D eigenvalue weighted by atomic mass is 9.70. The Kier molecular flexibility index (Phi) is 5.50. The Morgan fingerprint density at radius 2 is 1.38 bits per heavy atom. The monoisotopic (exact) mass is 405 g/mol. The van der Waals surface area contributed by atoms with Crippen LogP contribution in [0, 0.1) is 5.41 Å². The highest BCUT2D eigenvalue weighted by Gasteiger charge is 2.39. The van der Waals surface area contributed by atoms with Gasteiger partial charge in [0.05, 0.1) is 0 Å². The van der Waals surface area contributed by atoms with E-state index < -0.39 is 0 Å². The van der Waals surface area contributed by atoms with Gasteiger partial charge in [-0.1, -0.05) is 0 Å². The molecular weight excluding hydrogens is 373 g/mol. The van der Waals surface area contributed by atoms with Crippen LogP contribution in [0.4, 0.5) is 0 Å². The summed E-state index contributed by atoms with van der Waals surface area (Å²) >= 11 is 2.48. The van der Waals surface area contributed by atoms with Gasteiger partial charge in [-0.3, -0.25) is 0 Å². The first-order valence-corrected chi connectivity index (χ1v) is 9.93. The van der Waals surface area contributed by atoms with Gasteiger partial charge in [0.2, 0.25) is 0 Å². The first kappa shape index (κ1) is 16.5. The second-order valence-electron chi connectivity index (χ2n) is 7.81. The normalized spacial score (nSPS) is 30.3. The SMILES string of the molecule is CC(C)N1CCC2(CC1)CCN(C1CCN(I)CC1)CC2. The summed E-state index contributed by atoms with van der Waals surface area (Å²) in [5, 5.41) is 0. The maximum absolute atomic E-state index is 2.82. The molecule has 3 fully saturated rings. The summed E-state index contributed by atoms with van der Waals surface area (Å²) in [6.45, 7) is 12.7. The predicted octanol–water partition coefficient (Wildman–Crippen LogP) is 3.39. The molecule has 1 spiro atoms. The molecule has 0 radical (unpaired) electrons. The average Bonchev–Trinajstić information content (AvgIpc) is 2.50. The van der Waals surface area contributed by atoms with Crippen LogP contribution in [0.15, 0.2) is 0 Å². The molecule has 0 unspecified atom stereocenters. The average molecular weight is 405 g/mol. The highest BCUT2D eigenvalue weighted by molar-refractivity contribution is 14.1. The van der Waals surface area contributed by atoms with E-state index in [1.54, 1.807) is 0 Å². The van der Waals surface area contributed by atoms with E-state index in [1.165, 1.54) is 77.8 Å². The van der Waals surface area contributed by atoms with E-state index in [4.69, 9.17) is 0 Å². The molecule has 122 valence electrons. The van der Waals surface area contributed by atoms with Gasteiger partial charge in [-0.2, -0.15) is 0 Å². The minimum absolute atomic E-state index is 0.700. The molecule has 4 heteroatoms. The number of hydrogen-bond acceptors (Lipinski definition) is 3. The van der Waals surface area contributed by atoms with Crippen molar-refractivity contribution in [3.8, 4) is 0 Å². The largest absolute Gasteiger partial charge is 0.301 e. The van der Waals surface area contributed by atoms with Crippen molar-refractivity contribution in [2.45, 2.75) is 64.5 Å². The zero-order valence-electron chi connectivity index (χ0n) is 13.9. The van der Waals surface area contributed by atoms with Crippen molar-refractivity contribution in [2.75, 3.05) is 39.3 Å². The number of piperidine rings is 3. The Morgan fingerprint density at radius 3 is 1.90 bits per heavy atom. The van der Waals surface area contributed by atoms with E-state index in [9.17, 15) is 0 Å². The smallest absolute Gasteiger partial charge is 0.0201 e. The van der Waals surface area contributed by atoms with Crippen molar-refractivity contribution in [1.29, 1.82) is 0 Å². The van der Waals surface area contributed by atoms with Crippen molar-refractivity contribution in [3.05, 3.63) is 0 Å². The molecule has 0 aromatic heterocycles. The Hall–Kier alpha value is 0.610. The third-order valence-corrected chi connectivity index (χ3v) is 7.34. The molecule has 21 heavy (non-hydrogen) atoms. The van der Waals surface area contributed by atoms with Gasteiger partial charge in [0, 0.05) is 48.0 Å². The van der Waals surface area contributed by atoms with Crippen LogP contribution < -0.4 is 0 Å². The lowest BCUT2D eigenvalue weighted by Gasteiger charge is -2.49. The van der Waals surface area contributed by atoms with Gasteiger partial charge in [-0.05, 0) is 84.0 Å². The molecule has 3 heterocycles. The van der Waals surface area contributed by atoms with Gasteiger partial charge >= 0.3 is 0 Å². The minimum atomic E-state index is 0.700. The number of nitrogens with zero attached hydrogens (tertiary/aromatic N) is 3. The second kappa shape index (κ2) is 7.02. The number of likely N-dealkylation sites (tertiary alicyclic amines) is 2. The van der Waals surface area contributed by atoms with Gasteiger partial charge in [-0.25, -0.2) is 3.11 Å². The Bertz CT molecular complexity index is 321. The molecule has 0 N–H and O–H groups in total. The van der Waals surface area contributed by atoms with Crippen LogP contribution >= 0.6 is 22.9 Å². The molecule has 0 aromatic rings. The van der Waals surface area contributed by atoms with Gasteiger partial charge < -0.3 is 9.80 Å². The minimum Gasteiger partial charge on any atom is -0.301 e. The summed E-state index contributed by atoms with van der Waals surface area (Å²) in [6, 6.07) is 1.62. The fraction of sp³-hybridized carbons (Fsp3) is 1.00. The molecule has 0 aliphatic carbocycles. The van der Waals surface area contributed by atoms with Crippen LogP contribution in [0.1, 0.15) is 52.4 Å². The van der Waals surface area contributed by atoms with Crippen molar-refractivity contribution in [1.82, 2.24) is 12.9 Å². The Morgan fingerprint density at radius 1 is 0.857 bits per heavy atom. The van der Waals surface area contributed by atoms with Crippen LogP contribution in [0.5, 0.6) is 0 Å². The predicted molar refractivity (Wildman–Crippen MR) is 97.8 cm³/mol. The number of halogens is 1. The topological polar surface area (TPSA) is 9.72 Å². The third-order valence-electron chi connectivity index (χ3n) is 6.37. The molecule has 0 atom stereocenters. The van der Waals surface area contributed by atoms with E-state index in [0.29, 0.717) is 5.41 Å². The van der Waals surface area contributed by atoms with E-state index in [-0.39, 0.29) is 0 Å². The van der Waals surface area contributed by atoms with Crippen LogP contribution in [-0.4, -0.2) is 64.3 Å². The van der Waals surface area contributed by atoms with E-state index in [1.807, 2.05) is 0 Å². The van der Waals surface area contributed by atoms with E-state index in [0.717, 1.165) is 12.1 Å². The fourth-order valence-corrected chi connectivity index (χ4v) is 5.13. The maximum Gasteiger partial charge on any atom is 0.0201 e. The Labute approximate surface area is 144 Å². The lowest BCUT2D eigenvalue weighted by Crippen LogP contribution is -2.51. The molecule has 0 bridgehead atoms. The van der Waals surface area contributed by atoms with Gasteiger partial charge in [0.1, 0.15) is 0 Å². The standard InChI is InChI=1S/C17H32IN3/c1-15(2)19-11-5-17(6-12-19)7-13-20(14-8-17)16-3-9-21(18)10-4-16/h15-16H,3-14H2,1-2H3. The Balaban J connectivity index is 1.47. The molecule has 3 aliphatic heterocycles. The maximum atomic E-state index is 2.82. The van der Waals surface area contributed by atoms with Crippen molar-refractivity contribution < 1.29 is 0 Å². The molecule has 0 amide bonds. The molecule has 3 rings (SSSR count). The third kappa shape index (κ3) is 3.93. The van der Waals surface area contributed by atoms with Crippen LogP contribution in [0.3, 0.4) is 0 Å². The molecule has 0 aromatic carbocycles. The first-order valence-electron chi connectivity index (χ1n) is 8.97. The summed E-state index contributed by atoms with van der Waals surface area (Å²) < 4.78 is 2.46. The van der Waals surface area contributed by atoms with Crippen LogP contribution in [-0.2, 0) is 0 Å². The quantitative estimate of drug-likeness (QED) is 0.515. The van der Waals surface area contributed by atoms with Crippen LogP contribution in [0.2, 0.25) is 0 Å². The highest BCUT2D eigenvalue weighted by atomic mass is 127. The summed E-state index contributed by atoms with van der Waals surface area (Å²) in [5.41, 5.74) is 0.700. The molecule has 0 saturated carbocycles. The first-order chi connectivity index (χ1) is 10.1. The van der Waals surface area contributed by atoms with Gasteiger partial charge in [0.15, 0.2) is 0 Å². The summed E-state index contributed by atoms with van der Waals surface area (Å²) in [6.07, 6.45) is 8.59. The molecular formula is C17H32IN3. The lowest BCUT2D eigenvalue weighted by molar-refractivity contribution is 0.00585. The van der Waals surface area contributed by atoms with E-state index >= 15 is 0 Å². The van der Waals surface area contributed by atoms with E-state index in [2.05, 4.69) is 49.6 Å². The van der Waals surface area contributed by atoms with Gasteiger partial charge in [0.25, 0.3) is 0 Å². The fourth-order valence-electron chi connectivity index (χ4n) is 4.58. The zero-order valence-corrected chi connectivity index (χ0v) is 16.0. The van der Waals surface area contributed by atoms with Gasteiger partial charge in [-0.15, -0.1) is 0 Å². The highest BCUT2D eigenvalue weighted by Crippen LogP contribution is 2.42. The van der Waals surface area contributed by atoms with Crippen LogP contribution in [0.25, 0.3) is 0 Å². The summed E-state index contributed by atoms with van der Waals surface area (Å²) in [4.78, 5) is 5.50. The van der Waals surface area contributed by atoms with Crippen molar-refractivity contribution >= 4 is 22.9 Å². The molecule has 3 nitrogen and oxygen atoms in total. The zero-order chi connectivity index (χ0) is 14.9. The second-order valence-corrected chi connectivity index (χ2v) is 9.17. The van der Waals surface area contributed by atoms with Crippen molar-refractivity contribution in [2.24, 2.45) is 5.41 Å². The van der Waals surface area contributed by atoms with Crippen molar-refractivity contribution in [3.63, 3.8) is 0 Å². The number of rotatable bonds is 2. The molecule has 3 aliphatic rings. The summed E-state index contributed by atoms with van der Waals surface area (Å²) in [7, 11) is 0. The molecule has 3 saturated heterocycles. The number of hydrogen-bond donors (Lipinski definition) is 0.